The molecule has 1 atom stereocenters. The molecule has 38 heavy (non-hydrogen) atoms. The Kier molecular flexibility index (Phi) is 7.85. The molecule has 0 fully saturated rings. The maximum Gasteiger partial charge on any atom is 0.416 e. The number of nitrogens with zero attached hydrogens (tertiary/aromatic N) is 1. The molecular weight excluding hydrogens is 519 g/mol. The van der Waals surface area contributed by atoms with Crippen LogP contribution in [0.2, 0.25) is 0 Å². The quantitative estimate of drug-likeness (QED) is 0.343. The van der Waals surface area contributed by atoms with E-state index in [0.29, 0.717) is 28.9 Å². The molecule has 0 saturated heterocycles. The molecule has 6 nitrogen and oxygen atoms in total. The predicted octanol–water partition coefficient (Wildman–Crippen LogP) is 5.93. The van der Waals surface area contributed by atoms with Crippen LogP contribution in [-0.4, -0.2) is 38.5 Å². The van der Waals surface area contributed by atoms with E-state index in [1.54, 1.807) is 20.8 Å². The minimum Gasteiger partial charge on any atom is -0.482 e. The molecule has 0 radical (unpaired) electrons. The van der Waals surface area contributed by atoms with Crippen molar-refractivity contribution in [2.75, 3.05) is 19.8 Å². The molecule has 0 aliphatic carbocycles. The molecule has 0 amide bonds. The van der Waals surface area contributed by atoms with Crippen LogP contribution in [0.5, 0.6) is 5.75 Å². The molecule has 0 bridgehead atoms. The zero-order chi connectivity index (χ0) is 27.7. The van der Waals surface area contributed by atoms with Crippen LogP contribution >= 0.6 is 0 Å². The van der Waals surface area contributed by atoms with E-state index < -0.39 is 33.8 Å². The molecular formula is C28H28F3NO5S. The molecule has 1 heterocycles. The zero-order valence-corrected chi connectivity index (χ0v) is 22.0. The van der Waals surface area contributed by atoms with Gasteiger partial charge in [0.25, 0.3) is 0 Å². The first-order valence-electron chi connectivity index (χ1n) is 12.1. The number of hydrogen-bond acceptors (Lipinski definition) is 5. The first-order valence-corrected chi connectivity index (χ1v) is 13.6. The Hall–Kier alpha value is -3.37. The number of carbonyl (C=O) groups excluding carboxylic acids is 1. The number of aryl methyl sites for hydroxylation is 1. The average Bonchev–Trinajstić information content (AvgIpc) is 2.87. The number of rotatable bonds is 7. The summed E-state index contributed by atoms with van der Waals surface area (Å²) in [7, 11) is -3.87. The minimum atomic E-state index is -4.42. The van der Waals surface area contributed by atoms with E-state index in [2.05, 4.69) is 0 Å². The first kappa shape index (κ1) is 27.7. The first-order chi connectivity index (χ1) is 17.9. The maximum atomic E-state index is 13.6. The summed E-state index contributed by atoms with van der Waals surface area (Å²) in [6, 6.07) is 14.5. The van der Waals surface area contributed by atoms with Gasteiger partial charge in [0, 0.05) is 12.6 Å². The summed E-state index contributed by atoms with van der Waals surface area (Å²) >= 11 is 0. The number of esters is 1. The van der Waals surface area contributed by atoms with Gasteiger partial charge in [-0.05, 0) is 91.4 Å². The van der Waals surface area contributed by atoms with Crippen LogP contribution in [-0.2, 0) is 32.2 Å². The fourth-order valence-electron chi connectivity index (χ4n) is 4.57. The van der Waals surface area contributed by atoms with Crippen molar-refractivity contribution in [2.24, 2.45) is 0 Å². The van der Waals surface area contributed by atoms with Crippen molar-refractivity contribution in [1.29, 1.82) is 0 Å². The van der Waals surface area contributed by atoms with Crippen molar-refractivity contribution in [3.05, 3.63) is 82.9 Å². The lowest BCUT2D eigenvalue weighted by molar-refractivity contribution is -0.145. The molecule has 0 spiro atoms. The Morgan fingerprint density at radius 2 is 1.71 bits per heavy atom. The molecule has 10 heteroatoms. The van der Waals surface area contributed by atoms with E-state index in [1.807, 2.05) is 18.2 Å². The molecule has 0 saturated carbocycles. The summed E-state index contributed by atoms with van der Waals surface area (Å²) in [5.74, 6) is -0.129. The molecule has 4 rings (SSSR count). The maximum absolute atomic E-state index is 13.6. The summed E-state index contributed by atoms with van der Waals surface area (Å²) in [5, 5.41) is 0. The Morgan fingerprint density at radius 1 is 1.03 bits per heavy atom. The SMILES string of the molecule is CCOC(=O)COc1ccc(S(=O)(=O)N2CCc3ccc(-c4ccc(C(F)(F)F)cc4)cc3C2C)cc1C. The molecule has 3 aromatic carbocycles. The fourth-order valence-corrected chi connectivity index (χ4v) is 6.27. The van der Waals surface area contributed by atoms with Gasteiger partial charge in [-0.2, -0.15) is 17.5 Å². The van der Waals surface area contributed by atoms with Crippen LogP contribution in [0.4, 0.5) is 13.2 Å². The monoisotopic (exact) mass is 547 g/mol. The number of ether oxygens (including phenoxy) is 2. The second kappa shape index (κ2) is 10.8. The van der Waals surface area contributed by atoms with Gasteiger partial charge in [0.1, 0.15) is 5.75 Å². The van der Waals surface area contributed by atoms with Gasteiger partial charge in [-0.3, -0.25) is 0 Å². The number of hydrogen-bond donors (Lipinski definition) is 0. The van der Waals surface area contributed by atoms with Crippen LogP contribution in [0.25, 0.3) is 11.1 Å². The Labute approximate surface area is 220 Å². The van der Waals surface area contributed by atoms with Crippen LogP contribution in [0, 0.1) is 6.92 Å². The lowest BCUT2D eigenvalue weighted by Crippen LogP contribution is -2.38. The Balaban J connectivity index is 1.57. The molecule has 202 valence electrons. The highest BCUT2D eigenvalue weighted by Crippen LogP contribution is 2.37. The van der Waals surface area contributed by atoms with Gasteiger partial charge in [0.15, 0.2) is 6.61 Å². The van der Waals surface area contributed by atoms with Gasteiger partial charge in [-0.25, -0.2) is 13.2 Å². The second-order valence-electron chi connectivity index (χ2n) is 9.05. The lowest BCUT2D eigenvalue weighted by atomic mass is 9.91. The largest absolute Gasteiger partial charge is 0.482 e. The zero-order valence-electron chi connectivity index (χ0n) is 21.2. The summed E-state index contributed by atoms with van der Waals surface area (Å²) in [6.45, 7) is 5.44. The van der Waals surface area contributed by atoms with Crippen molar-refractivity contribution in [2.45, 2.75) is 44.3 Å². The highest BCUT2D eigenvalue weighted by atomic mass is 32.2. The third kappa shape index (κ3) is 5.71. The van der Waals surface area contributed by atoms with Crippen molar-refractivity contribution >= 4 is 16.0 Å². The number of halogens is 3. The van der Waals surface area contributed by atoms with Gasteiger partial charge >= 0.3 is 12.1 Å². The predicted molar refractivity (Wildman–Crippen MR) is 136 cm³/mol. The molecule has 1 unspecified atom stereocenters. The summed E-state index contributed by atoms with van der Waals surface area (Å²) < 4.78 is 77.8. The van der Waals surface area contributed by atoms with Crippen molar-refractivity contribution < 1.29 is 35.9 Å². The summed E-state index contributed by atoms with van der Waals surface area (Å²) in [6.07, 6.45) is -3.91. The van der Waals surface area contributed by atoms with Gasteiger partial charge < -0.3 is 9.47 Å². The average molecular weight is 548 g/mol. The lowest BCUT2D eigenvalue weighted by Gasteiger charge is -2.34. The molecule has 0 N–H and O–H groups in total. The standard InChI is InChI=1S/C28H28F3NO5S/c1-4-36-27(33)17-37-26-12-11-24(15-18(26)2)38(34,35)32-14-13-21-5-6-22(16-25(21)19(32)3)20-7-9-23(10-8-20)28(29,30)31/h5-12,15-16,19H,4,13-14,17H2,1-3H3. The molecule has 1 aliphatic rings. The van der Waals surface area contributed by atoms with Gasteiger partial charge in [0.05, 0.1) is 17.1 Å². The number of fused-ring (bicyclic) bond motifs is 1. The van der Waals surface area contributed by atoms with Crippen molar-refractivity contribution in [3.63, 3.8) is 0 Å². The fraction of sp³-hybridized carbons (Fsp3) is 0.321. The Bertz CT molecular complexity index is 1440. The number of sulfonamides is 1. The van der Waals surface area contributed by atoms with Crippen LogP contribution < -0.4 is 4.74 Å². The molecule has 0 aromatic heterocycles. The summed E-state index contributed by atoms with van der Waals surface area (Å²) in [5.41, 5.74) is 2.97. The summed E-state index contributed by atoms with van der Waals surface area (Å²) in [4.78, 5) is 11.7. The van der Waals surface area contributed by atoms with Gasteiger partial charge in [-0.1, -0.05) is 24.3 Å². The number of benzene rings is 3. The second-order valence-corrected chi connectivity index (χ2v) is 10.9. The van der Waals surface area contributed by atoms with Gasteiger partial charge in [0.2, 0.25) is 10.0 Å². The smallest absolute Gasteiger partial charge is 0.416 e. The normalized spacial score (nSPS) is 16.1. The molecule has 3 aromatic rings. The minimum absolute atomic E-state index is 0.104. The van der Waals surface area contributed by atoms with E-state index in [9.17, 15) is 26.4 Å². The highest BCUT2D eigenvalue weighted by Gasteiger charge is 2.34. The topological polar surface area (TPSA) is 72.9 Å². The van der Waals surface area contributed by atoms with E-state index in [4.69, 9.17) is 9.47 Å². The molecule has 1 aliphatic heterocycles. The third-order valence-electron chi connectivity index (χ3n) is 6.58. The Morgan fingerprint density at radius 3 is 2.34 bits per heavy atom. The van der Waals surface area contributed by atoms with E-state index in [-0.39, 0.29) is 24.7 Å². The van der Waals surface area contributed by atoms with E-state index in [0.717, 1.165) is 23.3 Å². The van der Waals surface area contributed by atoms with Crippen LogP contribution in [0.3, 0.4) is 0 Å². The third-order valence-corrected chi connectivity index (χ3v) is 8.54. The number of carbonyl (C=O) groups is 1. The van der Waals surface area contributed by atoms with Gasteiger partial charge in [-0.15, -0.1) is 0 Å². The van der Waals surface area contributed by atoms with E-state index >= 15 is 0 Å². The van der Waals surface area contributed by atoms with Crippen LogP contribution in [0.15, 0.2) is 65.6 Å². The van der Waals surface area contributed by atoms with Crippen molar-refractivity contribution in [3.8, 4) is 16.9 Å². The number of alkyl halides is 3. The van der Waals surface area contributed by atoms with Crippen LogP contribution in [0.1, 0.15) is 42.1 Å². The van der Waals surface area contributed by atoms with Crippen molar-refractivity contribution in [1.82, 2.24) is 4.31 Å². The highest BCUT2D eigenvalue weighted by molar-refractivity contribution is 7.89. The van der Waals surface area contributed by atoms with E-state index in [1.165, 1.54) is 34.6 Å².